The van der Waals surface area contributed by atoms with Gasteiger partial charge in [0, 0.05) is 24.0 Å². The van der Waals surface area contributed by atoms with E-state index in [9.17, 15) is 9.59 Å². The predicted molar refractivity (Wildman–Crippen MR) is 158 cm³/mol. The van der Waals surface area contributed by atoms with Gasteiger partial charge in [0.15, 0.2) is 0 Å². The lowest BCUT2D eigenvalue weighted by Crippen LogP contribution is -2.37. The number of benzene rings is 2. The predicted octanol–water partition coefficient (Wildman–Crippen LogP) is 6.03. The number of anilines is 1. The van der Waals surface area contributed by atoms with Crippen LogP contribution in [0.3, 0.4) is 0 Å². The summed E-state index contributed by atoms with van der Waals surface area (Å²) in [6.07, 6.45) is 3.35. The number of thioether (sulfide) groups is 1. The first-order valence-electron chi connectivity index (χ1n) is 13.0. The maximum Gasteiger partial charge on any atom is 0.309 e. The second-order valence-corrected chi connectivity index (χ2v) is 11.5. The van der Waals surface area contributed by atoms with Crippen LogP contribution >= 0.6 is 24.0 Å². The molecule has 0 N–H and O–H groups in total. The van der Waals surface area contributed by atoms with Gasteiger partial charge in [-0.1, -0.05) is 65.4 Å². The van der Waals surface area contributed by atoms with Crippen LogP contribution in [0.2, 0.25) is 0 Å². The van der Waals surface area contributed by atoms with Crippen LogP contribution in [0.25, 0.3) is 17.0 Å². The van der Waals surface area contributed by atoms with Crippen LogP contribution in [0, 0.1) is 19.8 Å². The first kappa shape index (κ1) is 26.4. The number of carbonyl (C=O) groups excluding carboxylic acids is 2. The molecule has 2 saturated heterocycles. The van der Waals surface area contributed by atoms with E-state index in [1.165, 1.54) is 17.3 Å². The average Bonchev–Trinajstić information content (AvgIpc) is 3.17. The molecule has 1 aromatic heterocycles. The number of pyridine rings is 1. The Morgan fingerprint density at radius 3 is 2.53 bits per heavy atom. The molecule has 0 saturated carbocycles. The third kappa shape index (κ3) is 5.61. The van der Waals surface area contributed by atoms with E-state index in [1.54, 1.807) is 4.90 Å². The van der Waals surface area contributed by atoms with Gasteiger partial charge in [0.05, 0.1) is 29.5 Å². The third-order valence-corrected chi connectivity index (χ3v) is 8.39. The van der Waals surface area contributed by atoms with Gasteiger partial charge in [-0.2, -0.15) is 0 Å². The fourth-order valence-electron chi connectivity index (χ4n) is 4.90. The van der Waals surface area contributed by atoms with Gasteiger partial charge in [0.2, 0.25) is 0 Å². The molecule has 2 aromatic carbocycles. The highest BCUT2D eigenvalue weighted by molar-refractivity contribution is 8.26. The number of aryl methyl sites for hydroxylation is 2. The Bertz CT molecular complexity index is 1430. The van der Waals surface area contributed by atoms with Crippen molar-refractivity contribution >= 4 is 63.0 Å². The van der Waals surface area contributed by atoms with Crippen molar-refractivity contribution in [1.82, 2.24) is 9.88 Å². The molecule has 0 spiro atoms. The number of thiocarbonyl (C=S) groups is 1. The van der Waals surface area contributed by atoms with Crippen LogP contribution in [0.1, 0.15) is 42.0 Å². The van der Waals surface area contributed by atoms with Crippen molar-refractivity contribution in [2.24, 2.45) is 5.92 Å². The summed E-state index contributed by atoms with van der Waals surface area (Å²) in [5.41, 5.74) is 5.16. The van der Waals surface area contributed by atoms with E-state index in [-0.39, 0.29) is 17.8 Å². The number of hydrogen-bond acceptors (Lipinski definition) is 7. The molecule has 6 nitrogen and oxygen atoms in total. The van der Waals surface area contributed by atoms with Crippen LogP contribution in [-0.2, 0) is 20.9 Å². The molecule has 196 valence electrons. The second kappa shape index (κ2) is 11.3. The summed E-state index contributed by atoms with van der Waals surface area (Å²) in [5, 5.41) is 1.02. The lowest BCUT2D eigenvalue weighted by atomic mass is 9.96. The van der Waals surface area contributed by atoms with E-state index in [2.05, 4.69) is 30.0 Å². The number of aromatic nitrogens is 1. The van der Waals surface area contributed by atoms with Crippen LogP contribution < -0.4 is 4.90 Å². The largest absolute Gasteiger partial charge is 0.466 e. The molecule has 0 atom stereocenters. The Hall–Kier alpha value is -3.23. The van der Waals surface area contributed by atoms with E-state index >= 15 is 0 Å². The number of nitrogens with zero attached hydrogens (tertiary/aromatic N) is 3. The number of rotatable bonds is 6. The summed E-state index contributed by atoms with van der Waals surface area (Å²) in [5.74, 6) is 0.534. The van der Waals surface area contributed by atoms with Crippen molar-refractivity contribution in [2.75, 3.05) is 24.6 Å². The highest BCUT2D eigenvalue weighted by Crippen LogP contribution is 2.36. The van der Waals surface area contributed by atoms with Crippen molar-refractivity contribution in [3.05, 3.63) is 75.7 Å². The number of esters is 1. The molecule has 2 fully saturated rings. The number of ether oxygens (including phenoxy) is 1. The molecule has 3 heterocycles. The minimum atomic E-state index is -0.119. The molecular formula is C30H31N3O3S2. The Morgan fingerprint density at radius 1 is 1.11 bits per heavy atom. The van der Waals surface area contributed by atoms with Crippen LogP contribution in [0.4, 0.5) is 5.82 Å². The summed E-state index contributed by atoms with van der Waals surface area (Å²) in [4.78, 5) is 35.2. The van der Waals surface area contributed by atoms with E-state index in [0.29, 0.717) is 48.3 Å². The fourth-order valence-corrected chi connectivity index (χ4v) is 6.15. The Morgan fingerprint density at radius 2 is 1.82 bits per heavy atom. The number of carbonyl (C=O) groups is 2. The smallest absolute Gasteiger partial charge is 0.309 e. The first-order chi connectivity index (χ1) is 18.3. The lowest BCUT2D eigenvalue weighted by molar-refractivity contribution is -0.148. The van der Waals surface area contributed by atoms with Gasteiger partial charge >= 0.3 is 5.97 Å². The monoisotopic (exact) mass is 545 g/mol. The molecule has 1 amide bonds. The van der Waals surface area contributed by atoms with Gasteiger partial charge < -0.3 is 9.64 Å². The fraction of sp³-hybridized carbons (Fsp3) is 0.333. The molecule has 0 unspecified atom stereocenters. The van der Waals surface area contributed by atoms with Crippen molar-refractivity contribution in [3.63, 3.8) is 0 Å². The lowest BCUT2D eigenvalue weighted by Gasteiger charge is -2.32. The van der Waals surface area contributed by atoms with Crippen LogP contribution in [-0.4, -0.2) is 45.8 Å². The topological polar surface area (TPSA) is 62.7 Å². The minimum Gasteiger partial charge on any atom is -0.466 e. The molecule has 3 aromatic rings. The van der Waals surface area contributed by atoms with Gasteiger partial charge in [-0.25, -0.2) is 4.98 Å². The number of hydrogen-bond donors (Lipinski definition) is 0. The van der Waals surface area contributed by atoms with E-state index in [1.807, 2.05) is 50.3 Å². The van der Waals surface area contributed by atoms with Gasteiger partial charge in [-0.05, 0) is 63.5 Å². The quantitative estimate of drug-likeness (QED) is 0.213. The Kier molecular flexibility index (Phi) is 7.81. The molecular weight excluding hydrogens is 514 g/mol. The highest BCUT2D eigenvalue weighted by Gasteiger charge is 2.33. The van der Waals surface area contributed by atoms with Crippen molar-refractivity contribution < 1.29 is 14.3 Å². The number of amides is 1. The molecule has 2 aliphatic rings. The summed E-state index contributed by atoms with van der Waals surface area (Å²) < 4.78 is 5.80. The number of piperidine rings is 1. The zero-order valence-electron chi connectivity index (χ0n) is 21.9. The zero-order chi connectivity index (χ0) is 26.8. The van der Waals surface area contributed by atoms with Crippen molar-refractivity contribution in [3.8, 4) is 0 Å². The van der Waals surface area contributed by atoms with Crippen molar-refractivity contribution in [1.29, 1.82) is 0 Å². The van der Waals surface area contributed by atoms with Gasteiger partial charge in [-0.15, -0.1) is 0 Å². The average molecular weight is 546 g/mol. The first-order valence-corrected chi connectivity index (χ1v) is 14.2. The van der Waals surface area contributed by atoms with Gasteiger partial charge in [0.1, 0.15) is 10.1 Å². The maximum atomic E-state index is 13.4. The Balaban J connectivity index is 1.45. The minimum absolute atomic E-state index is 0.0862. The van der Waals surface area contributed by atoms with E-state index < -0.39 is 0 Å². The van der Waals surface area contributed by atoms with E-state index in [0.717, 1.165) is 33.4 Å². The maximum absolute atomic E-state index is 13.4. The zero-order valence-corrected chi connectivity index (χ0v) is 23.5. The standard InChI is InChI=1S/C30H31N3O3S2/c1-4-36-29(35)22-11-13-32(14-12-22)27-24(16-23-15-20(3)7-10-25(23)31-27)17-26-28(34)33(30(37)38-26)18-21-8-5-19(2)6-9-21/h5-10,15-17,22H,4,11-14,18H2,1-3H3/b26-17-. The normalized spacial score (nSPS) is 17.6. The van der Waals surface area contributed by atoms with Crippen LogP contribution in [0.5, 0.6) is 0 Å². The Labute approximate surface area is 233 Å². The molecule has 2 aliphatic heterocycles. The number of fused-ring (bicyclic) bond motifs is 1. The third-order valence-electron chi connectivity index (χ3n) is 7.01. The van der Waals surface area contributed by atoms with E-state index in [4.69, 9.17) is 21.9 Å². The highest BCUT2D eigenvalue weighted by atomic mass is 32.2. The molecule has 5 rings (SSSR count). The van der Waals surface area contributed by atoms with Gasteiger partial charge in [0.25, 0.3) is 5.91 Å². The summed E-state index contributed by atoms with van der Waals surface area (Å²) in [6, 6.07) is 16.5. The molecule has 0 aliphatic carbocycles. The molecule has 0 radical (unpaired) electrons. The van der Waals surface area contributed by atoms with Gasteiger partial charge in [-0.3, -0.25) is 14.5 Å². The SMILES string of the molecule is CCOC(=O)C1CCN(c2nc3ccc(C)cc3cc2/C=C2\SC(=S)N(Cc3ccc(C)cc3)C2=O)CC1. The molecule has 8 heteroatoms. The molecule has 0 bridgehead atoms. The van der Waals surface area contributed by atoms with Crippen molar-refractivity contribution in [2.45, 2.75) is 40.2 Å². The summed E-state index contributed by atoms with van der Waals surface area (Å²) in [6.45, 7) is 8.18. The van der Waals surface area contributed by atoms with Crippen LogP contribution in [0.15, 0.2) is 53.4 Å². The summed E-state index contributed by atoms with van der Waals surface area (Å²) in [7, 11) is 0. The second-order valence-electron chi connectivity index (χ2n) is 9.86. The summed E-state index contributed by atoms with van der Waals surface area (Å²) >= 11 is 6.94. The molecule has 38 heavy (non-hydrogen) atoms.